The second-order valence-electron chi connectivity index (χ2n) is 11.0. The molecule has 1 aromatic rings. The number of β-amino-alcohol motifs (C(OH)–C–C–N with tert-alkyl or cyclic N) is 1. The molecule has 8 atom stereocenters. The third kappa shape index (κ3) is 5.86. The maximum atomic E-state index is 12.6. The summed E-state index contributed by atoms with van der Waals surface area (Å²) in [5.74, 6) is -2.47. The highest BCUT2D eigenvalue weighted by atomic mass is 16.8. The van der Waals surface area contributed by atoms with Crippen LogP contribution in [0.15, 0.2) is 6.20 Å². The summed E-state index contributed by atoms with van der Waals surface area (Å²) in [6.45, 7) is 7.74. The molecule has 2 N–H and O–H groups in total. The van der Waals surface area contributed by atoms with Crippen molar-refractivity contribution in [2.75, 3.05) is 13.7 Å². The van der Waals surface area contributed by atoms with Gasteiger partial charge in [0.25, 0.3) is 0 Å². The fourth-order valence-corrected chi connectivity index (χ4v) is 5.52. The van der Waals surface area contributed by atoms with Crippen molar-refractivity contribution in [2.24, 2.45) is 0 Å². The lowest BCUT2D eigenvalue weighted by atomic mass is 9.94. The molecule has 5 rings (SSSR count). The van der Waals surface area contributed by atoms with E-state index in [-0.39, 0.29) is 31.6 Å². The Morgan fingerprint density at radius 2 is 1.68 bits per heavy atom. The molecule has 0 aromatic carbocycles. The molecule has 38 heavy (non-hydrogen) atoms. The van der Waals surface area contributed by atoms with Gasteiger partial charge in [0.15, 0.2) is 11.6 Å². The summed E-state index contributed by atoms with van der Waals surface area (Å²) in [7, 11) is 1.33. The first-order valence-corrected chi connectivity index (χ1v) is 12.8. The van der Waals surface area contributed by atoms with Crippen molar-refractivity contribution >= 4 is 11.9 Å². The molecular formula is C24H36N4O10. The Hall–Kier alpha value is -2.20. The summed E-state index contributed by atoms with van der Waals surface area (Å²) in [6.07, 6.45) is -1.64. The molecule has 0 radical (unpaired) electrons. The highest BCUT2D eigenvalue weighted by Gasteiger charge is 2.55. The fraction of sp³-hybridized carbons (Fsp3) is 0.833. The normalized spacial score (nSPS) is 37.0. The van der Waals surface area contributed by atoms with Crippen LogP contribution in [0.4, 0.5) is 0 Å². The minimum atomic E-state index is -0.837. The molecule has 14 nitrogen and oxygen atoms in total. The van der Waals surface area contributed by atoms with E-state index in [9.17, 15) is 14.7 Å². The number of carbonyl (C=O) groups is 2. The number of aliphatic hydroxyl groups excluding tert-OH is 1. The zero-order chi connectivity index (χ0) is 27.2. The lowest BCUT2D eigenvalue weighted by molar-refractivity contribution is -0.191. The molecule has 212 valence electrons. The third-order valence-corrected chi connectivity index (χ3v) is 7.09. The van der Waals surface area contributed by atoms with Gasteiger partial charge in [0.05, 0.1) is 44.9 Å². The predicted octanol–water partition coefficient (Wildman–Crippen LogP) is -0.585. The lowest BCUT2D eigenvalue weighted by Crippen LogP contribution is -2.58. The van der Waals surface area contributed by atoms with Gasteiger partial charge < -0.3 is 43.6 Å². The van der Waals surface area contributed by atoms with Crippen LogP contribution in [-0.2, 0) is 55.9 Å². The van der Waals surface area contributed by atoms with Crippen molar-refractivity contribution in [3.63, 3.8) is 0 Å². The van der Waals surface area contributed by atoms with Crippen molar-refractivity contribution in [2.45, 2.75) is 114 Å². The highest BCUT2D eigenvalue weighted by Crippen LogP contribution is 2.40. The van der Waals surface area contributed by atoms with Crippen LogP contribution in [0, 0.1) is 0 Å². The smallest absolute Gasteiger partial charge is 0.308 e. The molecule has 1 aromatic heterocycles. The summed E-state index contributed by atoms with van der Waals surface area (Å²) >= 11 is 0. The number of hydrogen-bond acceptors (Lipinski definition) is 13. The molecule has 4 fully saturated rings. The van der Waals surface area contributed by atoms with E-state index in [1.54, 1.807) is 24.7 Å². The second-order valence-corrected chi connectivity index (χ2v) is 11.0. The molecule has 0 spiro atoms. The molecule has 4 saturated heterocycles. The molecule has 0 aliphatic carbocycles. The summed E-state index contributed by atoms with van der Waals surface area (Å²) in [5.41, 5.74) is 0.467. The van der Waals surface area contributed by atoms with Gasteiger partial charge in [-0.1, -0.05) is 5.21 Å². The van der Waals surface area contributed by atoms with E-state index in [1.165, 1.54) is 7.11 Å². The summed E-state index contributed by atoms with van der Waals surface area (Å²) in [4.78, 5) is 24.4. The summed E-state index contributed by atoms with van der Waals surface area (Å²) < 4.78 is 41.6. The SMILES string of the molecule is COC(=O)C[C@@H]1O[C@H](Cn2cc(COC(=O)C[C@@H]3NC[C@@H](O)[C@H]4OC(C)(C)O[C@H]43)nn2)[C@H]2OC(C)(C)O[C@H]21. The van der Waals surface area contributed by atoms with Crippen LogP contribution in [-0.4, -0.2) is 106 Å². The number of hydrogen-bond donors (Lipinski definition) is 2. The quantitative estimate of drug-likeness (QED) is 0.403. The first-order chi connectivity index (χ1) is 17.9. The number of aromatic nitrogens is 3. The Morgan fingerprint density at radius 3 is 2.39 bits per heavy atom. The molecule has 4 aliphatic rings. The van der Waals surface area contributed by atoms with E-state index >= 15 is 0 Å². The summed E-state index contributed by atoms with van der Waals surface area (Å²) in [6, 6.07) is -0.350. The molecule has 4 aliphatic heterocycles. The monoisotopic (exact) mass is 540 g/mol. The molecule has 0 bridgehead atoms. The van der Waals surface area contributed by atoms with Crippen LogP contribution in [0.1, 0.15) is 46.2 Å². The van der Waals surface area contributed by atoms with Crippen LogP contribution < -0.4 is 5.32 Å². The van der Waals surface area contributed by atoms with Crippen molar-refractivity contribution < 1.29 is 47.9 Å². The Kier molecular flexibility index (Phi) is 7.50. The number of piperidine rings is 1. The van der Waals surface area contributed by atoms with Crippen LogP contribution in [0.2, 0.25) is 0 Å². The maximum Gasteiger partial charge on any atom is 0.308 e. The number of methoxy groups -OCH3 is 1. The van der Waals surface area contributed by atoms with Crippen molar-refractivity contribution in [3.8, 4) is 0 Å². The Balaban J connectivity index is 1.13. The first-order valence-electron chi connectivity index (χ1n) is 12.8. The largest absolute Gasteiger partial charge is 0.469 e. The zero-order valence-corrected chi connectivity index (χ0v) is 22.2. The van der Waals surface area contributed by atoms with Crippen LogP contribution in [0.3, 0.4) is 0 Å². The zero-order valence-electron chi connectivity index (χ0n) is 22.2. The van der Waals surface area contributed by atoms with Gasteiger partial charge >= 0.3 is 11.9 Å². The number of fused-ring (bicyclic) bond motifs is 2. The van der Waals surface area contributed by atoms with Crippen LogP contribution in [0.25, 0.3) is 0 Å². The van der Waals surface area contributed by atoms with E-state index in [0.717, 1.165) is 0 Å². The van der Waals surface area contributed by atoms with Crippen molar-refractivity contribution in [3.05, 3.63) is 11.9 Å². The number of esters is 2. The van der Waals surface area contributed by atoms with E-state index in [1.807, 2.05) is 13.8 Å². The van der Waals surface area contributed by atoms with Gasteiger partial charge in [-0.15, -0.1) is 5.10 Å². The Labute approximate surface area is 220 Å². The predicted molar refractivity (Wildman–Crippen MR) is 125 cm³/mol. The van der Waals surface area contributed by atoms with Crippen LogP contribution in [0.5, 0.6) is 0 Å². The second kappa shape index (κ2) is 10.4. The maximum absolute atomic E-state index is 12.6. The lowest BCUT2D eigenvalue weighted by Gasteiger charge is -2.35. The minimum absolute atomic E-state index is 0.0507. The standard InChI is InChI=1S/C24H36N4O10/c1-23(2)35-19-13(25-8-14(29)20(19)36-23)6-18(31)33-11-12-9-28(27-26-12)10-16-22-21(37-24(3,4)38-22)15(34-16)7-17(30)32-5/h9,13-16,19-22,25,29H,6-8,10-11H2,1-5H3/t13-,14+,15-,16+,19-,20+,21-,22+/m0/s1. The first kappa shape index (κ1) is 27.4. The molecule has 5 heterocycles. The van der Waals surface area contributed by atoms with E-state index in [4.69, 9.17) is 33.2 Å². The number of carbonyl (C=O) groups excluding carboxylic acids is 2. The topological polar surface area (TPSA) is 162 Å². The number of nitrogens with one attached hydrogen (secondary N) is 1. The van der Waals surface area contributed by atoms with E-state index < -0.39 is 60.1 Å². The average Bonchev–Trinajstić information content (AvgIpc) is 3.58. The van der Waals surface area contributed by atoms with Gasteiger partial charge in [-0.25, -0.2) is 4.68 Å². The number of nitrogens with zero attached hydrogens (tertiary/aromatic N) is 3. The summed E-state index contributed by atoms with van der Waals surface area (Å²) in [5, 5.41) is 21.6. The molecule has 0 unspecified atom stereocenters. The molecule has 14 heteroatoms. The molecule has 0 amide bonds. The van der Waals surface area contributed by atoms with E-state index in [2.05, 4.69) is 15.6 Å². The fourth-order valence-electron chi connectivity index (χ4n) is 5.52. The van der Waals surface area contributed by atoms with Gasteiger partial charge in [0.1, 0.15) is 42.8 Å². The van der Waals surface area contributed by atoms with Gasteiger partial charge in [-0.05, 0) is 27.7 Å². The highest BCUT2D eigenvalue weighted by molar-refractivity contribution is 5.70. The van der Waals surface area contributed by atoms with Gasteiger partial charge in [-0.3, -0.25) is 9.59 Å². The van der Waals surface area contributed by atoms with Crippen LogP contribution >= 0.6 is 0 Å². The minimum Gasteiger partial charge on any atom is -0.469 e. The van der Waals surface area contributed by atoms with E-state index in [0.29, 0.717) is 18.8 Å². The number of aliphatic hydroxyl groups is 1. The van der Waals surface area contributed by atoms with Crippen molar-refractivity contribution in [1.82, 2.24) is 20.3 Å². The molecule has 0 saturated carbocycles. The van der Waals surface area contributed by atoms with Gasteiger partial charge in [0.2, 0.25) is 0 Å². The van der Waals surface area contributed by atoms with Gasteiger partial charge in [-0.2, -0.15) is 0 Å². The average molecular weight is 541 g/mol. The Bertz CT molecular complexity index is 1030. The number of ether oxygens (including phenoxy) is 7. The van der Waals surface area contributed by atoms with Crippen molar-refractivity contribution in [1.29, 1.82) is 0 Å². The van der Waals surface area contributed by atoms with Gasteiger partial charge in [0, 0.05) is 12.6 Å². The third-order valence-electron chi connectivity index (χ3n) is 7.09. The number of rotatable bonds is 8. The Morgan fingerprint density at radius 1 is 1.03 bits per heavy atom. The molecular weight excluding hydrogens is 504 g/mol.